The molecule has 1 saturated heterocycles. The van der Waals surface area contributed by atoms with Gasteiger partial charge in [0.2, 0.25) is 0 Å². The largest absolute Gasteiger partial charge is 0.361 e. The van der Waals surface area contributed by atoms with E-state index >= 15 is 0 Å². The highest BCUT2D eigenvalue weighted by Gasteiger charge is 2.29. The summed E-state index contributed by atoms with van der Waals surface area (Å²) in [5, 5.41) is 7.65. The molecule has 1 fully saturated rings. The molecule has 0 bridgehead atoms. The monoisotopic (exact) mass is 251 g/mol. The summed E-state index contributed by atoms with van der Waals surface area (Å²) in [5.41, 5.74) is 2.58. The topological polar surface area (TPSA) is 41.3 Å². The van der Waals surface area contributed by atoms with Crippen molar-refractivity contribution in [2.75, 3.05) is 19.6 Å². The van der Waals surface area contributed by atoms with Crippen molar-refractivity contribution in [1.29, 1.82) is 0 Å². The third-order valence-corrected chi connectivity index (χ3v) is 3.87. The molecule has 4 nitrogen and oxygen atoms in total. The highest BCUT2D eigenvalue weighted by molar-refractivity contribution is 5.20. The maximum Gasteiger partial charge on any atom is 0.138 e. The van der Waals surface area contributed by atoms with E-state index in [4.69, 9.17) is 4.52 Å². The molecule has 102 valence electrons. The van der Waals surface area contributed by atoms with Crippen molar-refractivity contribution in [3.05, 3.63) is 17.0 Å². The molecule has 1 aromatic rings. The van der Waals surface area contributed by atoms with Crippen molar-refractivity contribution in [2.45, 2.75) is 47.2 Å². The number of piperazine rings is 1. The van der Waals surface area contributed by atoms with Gasteiger partial charge in [0, 0.05) is 37.8 Å². The normalized spacial score (nSPS) is 22.4. The van der Waals surface area contributed by atoms with Gasteiger partial charge in [0.15, 0.2) is 0 Å². The predicted octanol–water partition coefficient (Wildman–Crippen LogP) is 2.11. The molecule has 0 amide bonds. The number of nitrogens with zero attached hydrogens (tertiary/aromatic N) is 2. The zero-order chi connectivity index (χ0) is 13.3. The number of aryl methyl sites for hydroxylation is 2. The van der Waals surface area contributed by atoms with Crippen LogP contribution in [0, 0.1) is 19.3 Å². The van der Waals surface area contributed by atoms with Gasteiger partial charge in [-0.15, -0.1) is 0 Å². The van der Waals surface area contributed by atoms with Crippen LogP contribution < -0.4 is 5.32 Å². The minimum atomic E-state index is 0.303. The van der Waals surface area contributed by atoms with Crippen molar-refractivity contribution in [3.63, 3.8) is 0 Å². The highest BCUT2D eigenvalue weighted by atomic mass is 16.5. The average Bonchev–Trinajstić information content (AvgIpc) is 2.60. The summed E-state index contributed by atoms with van der Waals surface area (Å²) in [6.45, 7) is 15.1. The predicted molar refractivity (Wildman–Crippen MR) is 72.5 cm³/mol. The lowest BCUT2D eigenvalue weighted by Crippen LogP contribution is -2.55. The second-order valence-electron chi connectivity index (χ2n) is 6.41. The summed E-state index contributed by atoms with van der Waals surface area (Å²) in [6.07, 6.45) is 0. The zero-order valence-electron chi connectivity index (χ0n) is 12.2. The van der Waals surface area contributed by atoms with Crippen molar-refractivity contribution in [3.8, 4) is 0 Å². The standard InChI is InChI=1S/C14H25N3O/c1-10-12(11(2)18-16-10)8-17-7-6-15-13(9-17)14(3,4)5/h13,15H,6-9H2,1-5H3. The van der Waals surface area contributed by atoms with E-state index in [1.807, 2.05) is 13.8 Å². The van der Waals surface area contributed by atoms with E-state index < -0.39 is 0 Å². The SMILES string of the molecule is Cc1noc(C)c1CN1CCNC(C(C)(C)C)C1. The van der Waals surface area contributed by atoms with Gasteiger partial charge in [0.05, 0.1) is 5.69 Å². The first-order valence-electron chi connectivity index (χ1n) is 6.75. The second kappa shape index (κ2) is 5.02. The zero-order valence-corrected chi connectivity index (χ0v) is 12.2. The number of hydrogen-bond donors (Lipinski definition) is 1. The summed E-state index contributed by atoms with van der Waals surface area (Å²) >= 11 is 0. The minimum absolute atomic E-state index is 0.303. The van der Waals surface area contributed by atoms with Crippen LogP contribution in [0.1, 0.15) is 37.8 Å². The smallest absolute Gasteiger partial charge is 0.138 e. The highest BCUT2D eigenvalue weighted by Crippen LogP contribution is 2.23. The lowest BCUT2D eigenvalue weighted by molar-refractivity contribution is 0.128. The first-order chi connectivity index (χ1) is 8.38. The van der Waals surface area contributed by atoms with Crippen molar-refractivity contribution in [1.82, 2.24) is 15.4 Å². The Morgan fingerprint density at radius 2 is 2.11 bits per heavy atom. The molecule has 0 radical (unpaired) electrons. The van der Waals surface area contributed by atoms with Crippen LogP contribution in [0.4, 0.5) is 0 Å². The Kier molecular flexibility index (Phi) is 3.78. The Balaban J connectivity index is 2.02. The summed E-state index contributed by atoms with van der Waals surface area (Å²) in [7, 11) is 0. The van der Waals surface area contributed by atoms with Gasteiger partial charge in [-0.3, -0.25) is 4.90 Å². The fourth-order valence-corrected chi connectivity index (χ4v) is 2.49. The van der Waals surface area contributed by atoms with Crippen LogP contribution in [0.15, 0.2) is 4.52 Å². The maximum atomic E-state index is 5.24. The van der Waals surface area contributed by atoms with E-state index in [0.717, 1.165) is 37.6 Å². The quantitative estimate of drug-likeness (QED) is 0.874. The van der Waals surface area contributed by atoms with E-state index in [9.17, 15) is 0 Å². The number of rotatable bonds is 2. The minimum Gasteiger partial charge on any atom is -0.361 e. The maximum absolute atomic E-state index is 5.24. The average molecular weight is 251 g/mol. The first-order valence-corrected chi connectivity index (χ1v) is 6.75. The lowest BCUT2D eigenvalue weighted by atomic mass is 9.85. The summed E-state index contributed by atoms with van der Waals surface area (Å²) in [4.78, 5) is 2.50. The molecule has 1 N–H and O–H groups in total. The molecule has 0 spiro atoms. The summed E-state index contributed by atoms with van der Waals surface area (Å²) < 4.78 is 5.24. The van der Waals surface area contributed by atoms with Crippen molar-refractivity contribution in [2.24, 2.45) is 5.41 Å². The molecule has 2 rings (SSSR count). The molecule has 18 heavy (non-hydrogen) atoms. The fourth-order valence-electron chi connectivity index (χ4n) is 2.49. The van der Waals surface area contributed by atoms with Crippen molar-refractivity contribution < 1.29 is 4.52 Å². The molecule has 0 aromatic carbocycles. The van der Waals surface area contributed by atoms with Crippen LogP contribution in [0.2, 0.25) is 0 Å². The van der Waals surface area contributed by atoms with Crippen LogP contribution in [-0.2, 0) is 6.54 Å². The Labute approximate surface area is 110 Å². The van der Waals surface area contributed by atoms with Crippen LogP contribution in [0.25, 0.3) is 0 Å². The van der Waals surface area contributed by atoms with Crippen molar-refractivity contribution >= 4 is 0 Å². The molecule has 1 aromatic heterocycles. The molecule has 0 saturated carbocycles. The molecule has 1 atom stereocenters. The lowest BCUT2D eigenvalue weighted by Gasteiger charge is -2.40. The second-order valence-corrected chi connectivity index (χ2v) is 6.41. The molecule has 1 aliphatic rings. The van der Waals surface area contributed by atoms with E-state index in [1.165, 1.54) is 5.56 Å². The van der Waals surface area contributed by atoms with E-state index in [1.54, 1.807) is 0 Å². The summed E-state index contributed by atoms with van der Waals surface area (Å²) in [6, 6.07) is 0.548. The van der Waals surface area contributed by atoms with Crippen LogP contribution in [-0.4, -0.2) is 35.7 Å². The van der Waals surface area contributed by atoms with Gasteiger partial charge in [-0.1, -0.05) is 25.9 Å². The Morgan fingerprint density at radius 1 is 1.39 bits per heavy atom. The number of hydrogen-bond acceptors (Lipinski definition) is 4. The summed E-state index contributed by atoms with van der Waals surface area (Å²) in [5.74, 6) is 0.957. The van der Waals surface area contributed by atoms with E-state index in [2.05, 4.69) is 36.1 Å². The molecule has 4 heteroatoms. The van der Waals surface area contributed by atoms with Gasteiger partial charge in [-0.05, 0) is 19.3 Å². The first kappa shape index (κ1) is 13.6. The van der Waals surface area contributed by atoms with Gasteiger partial charge in [-0.25, -0.2) is 0 Å². The third kappa shape index (κ3) is 2.93. The molecule has 0 aliphatic carbocycles. The molecule has 1 unspecified atom stereocenters. The Hall–Kier alpha value is -0.870. The van der Waals surface area contributed by atoms with Gasteiger partial charge in [0.1, 0.15) is 5.76 Å². The van der Waals surface area contributed by atoms with E-state index in [0.29, 0.717) is 11.5 Å². The Bertz CT molecular complexity index is 386. The molecular weight excluding hydrogens is 226 g/mol. The molecule has 1 aliphatic heterocycles. The van der Waals surface area contributed by atoms with Crippen LogP contribution in [0.5, 0.6) is 0 Å². The van der Waals surface area contributed by atoms with Crippen LogP contribution in [0.3, 0.4) is 0 Å². The fraction of sp³-hybridized carbons (Fsp3) is 0.786. The number of aromatic nitrogens is 1. The van der Waals surface area contributed by atoms with E-state index in [-0.39, 0.29) is 0 Å². The van der Waals surface area contributed by atoms with Gasteiger partial charge in [0.25, 0.3) is 0 Å². The van der Waals surface area contributed by atoms with Gasteiger partial charge in [-0.2, -0.15) is 0 Å². The van der Waals surface area contributed by atoms with Gasteiger partial charge >= 0.3 is 0 Å². The number of nitrogens with one attached hydrogen (secondary N) is 1. The van der Waals surface area contributed by atoms with Crippen LogP contribution >= 0.6 is 0 Å². The molecule has 2 heterocycles. The Morgan fingerprint density at radius 3 is 2.67 bits per heavy atom. The van der Waals surface area contributed by atoms with Gasteiger partial charge < -0.3 is 9.84 Å². The molecular formula is C14H25N3O. The third-order valence-electron chi connectivity index (χ3n) is 3.87.